The Labute approximate surface area is 170 Å². The molecule has 0 saturated carbocycles. The number of piperazine rings is 1. The average Bonchev–Trinajstić information content (AvgIpc) is 2.64. The van der Waals surface area contributed by atoms with Crippen molar-refractivity contribution in [1.82, 2.24) is 8.61 Å². The third kappa shape index (κ3) is 4.20. The van der Waals surface area contributed by atoms with Gasteiger partial charge in [-0.3, -0.25) is 0 Å². The van der Waals surface area contributed by atoms with Gasteiger partial charge in [0.2, 0.25) is 20.0 Å². The van der Waals surface area contributed by atoms with Crippen molar-refractivity contribution in [2.75, 3.05) is 26.2 Å². The Morgan fingerprint density at radius 1 is 0.852 bits per heavy atom. The number of sulfonamides is 2. The van der Waals surface area contributed by atoms with Crippen LogP contribution in [0.4, 0.5) is 4.39 Å². The standard InChI is InChI=1S/C16H15BrClFN2O4S2/c17-12-2-1-3-13(10-12)26(22,23)20-6-8-21(9-7-20)27(24,25)14-4-5-16(19)15(18)11-14/h1-5,10-11H,6-9H2. The molecule has 3 rings (SSSR count). The smallest absolute Gasteiger partial charge is 0.207 e. The van der Waals surface area contributed by atoms with Crippen LogP contribution >= 0.6 is 27.5 Å². The summed E-state index contributed by atoms with van der Waals surface area (Å²) in [7, 11) is -7.61. The molecule has 1 saturated heterocycles. The summed E-state index contributed by atoms with van der Waals surface area (Å²) in [6.07, 6.45) is 0. The van der Waals surface area contributed by atoms with E-state index < -0.39 is 25.9 Å². The van der Waals surface area contributed by atoms with Crippen molar-refractivity contribution in [2.45, 2.75) is 9.79 Å². The fourth-order valence-electron chi connectivity index (χ4n) is 2.71. The second-order valence-electron chi connectivity index (χ2n) is 5.84. The predicted octanol–water partition coefficient (Wildman–Crippen LogP) is 2.94. The fourth-order valence-corrected chi connectivity index (χ4v) is 6.43. The molecule has 1 heterocycles. The van der Waals surface area contributed by atoms with Crippen LogP contribution in [0.5, 0.6) is 0 Å². The Hall–Kier alpha value is -1.04. The van der Waals surface area contributed by atoms with Crippen molar-refractivity contribution in [1.29, 1.82) is 0 Å². The number of hydrogen-bond acceptors (Lipinski definition) is 4. The molecule has 0 radical (unpaired) electrons. The molecule has 11 heteroatoms. The molecule has 1 fully saturated rings. The molecule has 0 aliphatic carbocycles. The molecule has 0 aromatic heterocycles. The number of rotatable bonds is 4. The minimum absolute atomic E-state index is 0.00936. The van der Waals surface area contributed by atoms with Gasteiger partial charge in [0.05, 0.1) is 14.8 Å². The van der Waals surface area contributed by atoms with Crippen LogP contribution in [0.2, 0.25) is 5.02 Å². The quantitative estimate of drug-likeness (QED) is 0.651. The van der Waals surface area contributed by atoms with Crippen molar-refractivity contribution in [2.24, 2.45) is 0 Å². The first-order chi connectivity index (χ1) is 12.6. The summed E-state index contributed by atoms with van der Waals surface area (Å²) in [5.74, 6) is -0.708. The van der Waals surface area contributed by atoms with Crippen molar-refractivity contribution >= 4 is 47.6 Å². The van der Waals surface area contributed by atoms with Gasteiger partial charge in [0.15, 0.2) is 0 Å². The first kappa shape index (κ1) is 20.7. The Bertz CT molecular complexity index is 1070. The molecule has 1 aliphatic heterocycles. The number of nitrogens with zero attached hydrogens (tertiary/aromatic N) is 2. The van der Waals surface area contributed by atoms with Gasteiger partial charge in [-0.05, 0) is 36.4 Å². The van der Waals surface area contributed by atoms with E-state index in [9.17, 15) is 21.2 Å². The topological polar surface area (TPSA) is 74.8 Å². The Kier molecular flexibility index (Phi) is 5.95. The predicted molar refractivity (Wildman–Crippen MR) is 103 cm³/mol. The lowest BCUT2D eigenvalue weighted by molar-refractivity contribution is 0.273. The Balaban J connectivity index is 1.77. The van der Waals surface area contributed by atoms with E-state index >= 15 is 0 Å². The van der Waals surface area contributed by atoms with E-state index in [0.29, 0.717) is 4.47 Å². The normalized spacial score (nSPS) is 17.1. The zero-order valence-electron chi connectivity index (χ0n) is 13.8. The van der Waals surface area contributed by atoms with Crippen molar-refractivity contribution < 1.29 is 21.2 Å². The van der Waals surface area contributed by atoms with Crippen LogP contribution in [0.15, 0.2) is 56.7 Å². The highest BCUT2D eigenvalue weighted by atomic mass is 79.9. The van der Waals surface area contributed by atoms with Crippen molar-refractivity contribution in [3.8, 4) is 0 Å². The van der Waals surface area contributed by atoms with E-state index in [1.807, 2.05) is 0 Å². The molecule has 2 aromatic rings. The largest absolute Gasteiger partial charge is 0.243 e. The lowest BCUT2D eigenvalue weighted by atomic mass is 10.3. The molecule has 6 nitrogen and oxygen atoms in total. The van der Waals surface area contributed by atoms with Gasteiger partial charge >= 0.3 is 0 Å². The molecule has 0 amide bonds. The zero-order valence-corrected chi connectivity index (χ0v) is 17.8. The molecule has 0 spiro atoms. The van der Waals surface area contributed by atoms with E-state index in [2.05, 4.69) is 15.9 Å². The maximum atomic E-state index is 13.3. The monoisotopic (exact) mass is 496 g/mol. The van der Waals surface area contributed by atoms with Gasteiger partial charge in [0.1, 0.15) is 5.82 Å². The lowest BCUT2D eigenvalue weighted by Gasteiger charge is -2.33. The van der Waals surface area contributed by atoms with E-state index in [1.165, 1.54) is 20.7 Å². The van der Waals surface area contributed by atoms with E-state index in [1.54, 1.807) is 12.1 Å². The molecule has 146 valence electrons. The van der Waals surface area contributed by atoms with Gasteiger partial charge in [0.25, 0.3) is 0 Å². The highest BCUT2D eigenvalue weighted by Gasteiger charge is 2.34. The summed E-state index contributed by atoms with van der Waals surface area (Å²) < 4.78 is 67.2. The summed E-state index contributed by atoms with van der Waals surface area (Å²) in [4.78, 5) is 0.00990. The molecule has 0 bridgehead atoms. The van der Waals surface area contributed by atoms with Crippen molar-refractivity contribution in [3.63, 3.8) is 0 Å². The van der Waals surface area contributed by atoms with Crippen molar-refractivity contribution in [3.05, 3.63) is 57.8 Å². The first-order valence-corrected chi connectivity index (χ1v) is 11.9. The molecule has 0 atom stereocenters. The molecule has 2 aromatic carbocycles. The van der Waals surface area contributed by atoms with Crippen LogP contribution < -0.4 is 0 Å². The first-order valence-electron chi connectivity index (χ1n) is 7.83. The molecular weight excluding hydrogens is 483 g/mol. The molecule has 0 unspecified atom stereocenters. The van der Waals surface area contributed by atoms with Gasteiger partial charge in [0, 0.05) is 30.7 Å². The summed E-state index contributed by atoms with van der Waals surface area (Å²) in [6.45, 7) is 0.0150. The summed E-state index contributed by atoms with van der Waals surface area (Å²) in [5, 5.41) is -0.285. The van der Waals surface area contributed by atoms with Gasteiger partial charge in [-0.15, -0.1) is 0 Å². The fraction of sp³-hybridized carbons (Fsp3) is 0.250. The van der Waals surface area contributed by atoms with E-state index in [-0.39, 0.29) is 41.0 Å². The van der Waals surface area contributed by atoms with Crippen LogP contribution in [0.1, 0.15) is 0 Å². The molecule has 27 heavy (non-hydrogen) atoms. The zero-order chi connectivity index (χ0) is 19.8. The summed E-state index contributed by atoms with van der Waals surface area (Å²) in [6, 6.07) is 9.51. The molecule has 1 aliphatic rings. The van der Waals surface area contributed by atoms with Crippen LogP contribution in [0.25, 0.3) is 0 Å². The van der Waals surface area contributed by atoms with Crippen LogP contribution in [-0.4, -0.2) is 51.6 Å². The average molecular weight is 498 g/mol. The number of hydrogen-bond donors (Lipinski definition) is 0. The van der Waals surface area contributed by atoms with Crippen LogP contribution in [0, 0.1) is 5.82 Å². The Morgan fingerprint density at radius 3 is 1.85 bits per heavy atom. The summed E-state index contributed by atoms with van der Waals surface area (Å²) >= 11 is 8.92. The molecular formula is C16H15BrClFN2O4S2. The van der Waals surface area contributed by atoms with Crippen LogP contribution in [0.3, 0.4) is 0 Å². The van der Waals surface area contributed by atoms with E-state index in [4.69, 9.17) is 11.6 Å². The highest BCUT2D eigenvalue weighted by Crippen LogP contribution is 2.25. The third-order valence-electron chi connectivity index (χ3n) is 4.16. The second-order valence-corrected chi connectivity index (χ2v) is 11.0. The molecule has 0 N–H and O–H groups in total. The van der Waals surface area contributed by atoms with Gasteiger partial charge in [-0.2, -0.15) is 8.61 Å². The Morgan fingerprint density at radius 2 is 1.37 bits per heavy atom. The number of benzene rings is 2. The van der Waals surface area contributed by atoms with Gasteiger partial charge in [-0.25, -0.2) is 21.2 Å². The third-order valence-corrected chi connectivity index (χ3v) is 8.73. The van der Waals surface area contributed by atoms with Gasteiger partial charge in [-0.1, -0.05) is 33.6 Å². The second kappa shape index (κ2) is 7.76. The van der Waals surface area contributed by atoms with Crippen LogP contribution in [-0.2, 0) is 20.0 Å². The maximum Gasteiger partial charge on any atom is 0.243 e. The minimum Gasteiger partial charge on any atom is -0.207 e. The van der Waals surface area contributed by atoms with E-state index in [0.717, 1.165) is 18.2 Å². The van der Waals surface area contributed by atoms with Gasteiger partial charge < -0.3 is 0 Å². The maximum absolute atomic E-state index is 13.3. The summed E-state index contributed by atoms with van der Waals surface area (Å²) in [5.41, 5.74) is 0. The number of halogens is 3. The highest BCUT2D eigenvalue weighted by molar-refractivity contribution is 9.10. The lowest BCUT2D eigenvalue weighted by Crippen LogP contribution is -2.50. The minimum atomic E-state index is -3.89. The SMILES string of the molecule is O=S(=O)(c1cccc(Br)c1)N1CCN(S(=O)(=O)c2ccc(F)c(Cl)c2)CC1.